The van der Waals surface area contributed by atoms with E-state index in [1.165, 1.54) is 6.07 Å². The summed E-state index contributed by atoms with van der Waals surface area (Å²) in [4.78, 5) is 0. The van der Waals surface area contributed by atoms with Crippen molar-refractivity contribution in [3.63, 3.8) is 0 Å². The van der Waals surface area contributed by atoms with Crippen LogP contribution in [-0.2, 0) is 0 Å². The van der Waals surface area contributed by atoms with Gasteiger partial charge in [0.05, 0.1) is 5.92 Å². The molecule has 0 aliphatic heterocycles. The van der Waals surface area contributed by atoms with E-state index in [4.69, 9.17) is 0 Å². The quantitative estimate of drug-likeness (QED) is 0.423. The molecule has 0 unspecified atom stereocenters. The zero-order chi connectivity index (χ0) is 22.8. The van der Waals surface area contributed by atoms with Crippen LogP contribution in [0, 0.1) is 24.6 Å². The number of hydrogen-bond acceptors (Lipinski definition) is 1. The molecule has 0 heterocycles. The van der Waals surface area contributed by atoms with Gasteiger partial charge >= 0.3 is 12.3 Å². The largest absolute Gasteiger partial charge is 0.442 e. The highest BCUT2D eigenvalue weighted by Gasteiger charge is 2.45. The number of halogens is 7. The van der Waals surface area contributed by atoms with Crippen molar-refractivity contribution in [2.24, 2.45) is 11.8 Å². The molecule has 1 nitrogen and oxygen atoms in total. The summed E-state index contributed by atoms with van der Waals surface area (Å²) in [5.74, 6) is -5.84. The Morgan fingerprint density at radius 3 is 2.03 bits per heavy atom. The van der Waals surface area contributed by atoms with Gasteiger partial charge in [0.25, 0.3) is 0 Å². The molecule has 0 amide bonds. The Morgan fingerprint density at radius 2 is 1.48 bits per heavy atom. The van der Waals surface area contributed by atoms with Crippen LogP contribution in [0.4, 0.5) is 30.7 Å². The molecule has 2 aromatic carbocycles. The Morgan fingerprint density at radius 1 is 0.903 bits per heavy atom. The minimum absolute atomic E-state index is 0.0397. The molecule has 0 spiro atoms. The lowest BCUT2D eigenvalue weighted by Gasteiger charge is -2.32. The standard InChI is InChI=1S/C23H21F7O/c1-14-2-6-16(7-3-14)17-8-11-20(19(24)13-17)31-23(29,30)18-9-4-15(5-10-18)12-21(25)22(26,27)28/h2-3,6-8,11-13,15,18H,4-5,9-10H2,1H3. The van der Waals surface area contributed by atoms with Gasteiger partial charge in [0.1, 0.15) is 0 Å². The van der Waals surface area contributed by atoms with Crippen LogP contribution < -0.4 is 4.74 Å². The van der Waals surface area contributed by atoms with Gasteiger partial charge in [0.15, 0.2) is 17.4 Å². The second kappa shape index (κ2) is 8.93. The van der Waals surface area contributed by atoms with Gasteiger partial charge in [0.2, 0.25) is 0 Å². The van der Waals surface area contributed by atoms with E-state index < -0.39 is 41.5 Å². The van der Waals surface area contributed by atoms with Gasteiger partial charge in [-0.1, -0.05) is 35.9 Å². The molecule has 3 rings (SSSR count). The van der Waals surface area contributed by atoms with Crippen molar-refractivity contribution in [2.45, 2.75) is 44.9 Å². The van der Waals surface area contributed by atoms with Crippen LogP contribution in [-0.4, -0.2) is 12.3 Å². The van der Waals surface area contributed by atoms with E-state index in [0.29, 0.717) is 11.6 Å². The molecular weight excluding hydrogens is 425 g/mol. The first-order valence-electron chi connectivity index (χ1n) is 9.83. The van der Waals surface area contributed by atoms with Crippen molar-refractivity contribution in [1.82, 2.24) is 0 Å². The van der Waals surface area contributed by atoms with Crippen molar-refractivity contribution in [2.75, 3.05) is 0 Å². The van der Waals surface area contributed by atoms with Crippen LogP contribution in [0.2, 0.25) is 0 Å². The van der Waals surface area contributed by atoms with E-state index in [2.05, 4.69) is 4.74 Å². The molecule has 0 saturated heterocycles. The topological polar surface area (TPSA) is 9.23 Å². The highest BCUT2D eigenvalue weighted by molar-refractivity contribution is 5.64. The van der Waals surface area contributed by atoms with E-state index in [0.717, 1.165) is 23.3 Å². The maximum Gasteiger partial charge on any atom is 0.442 e. The molecule has 0 N–H and O–H groups in total. The molecule has 0 atom stereocenters. The number of aryl methyl sites for hydroxylation is 1. The van der Waals surface area contributed by atoms with Crippen LogP contribution in [0.3, 0.4) is 0 Å². The maximum absolute atomic E-state index is 14.6. The molecule has 0 bridgehead atoms. The highest BCUT2D eigenvalue weighted by atomic mass is 19.4. The van der Waals surface area contributed by atoms with Gasteiger partial charge in [-0.3, -0.25) is 0 Å². The number of ether oxygens (including phenoxy) is 1. The van der Waals surface area contributed by atoms with Gasteiger partial charge in [0, 0.05) is 0 Å². The van der Waals surface area contributed by atoms with Gasteiger partial charge in [-0.2, -0.15) is 22.0 Å². The minimum atomic E-state index is -5.08. The van der Waals surface area contributed by atoms with Crippen molar-refractivity contribution in [3.8, 4) is 16.9 Å². The average molecular weight is 446 g/mol. The Bertz CT molecular complexity index is 924. The number of rotatable bonds is 5. The lowest BCUT2D eigenvalue weighted by Crippen LogP contribution is -2.37. The Balaban J connectivity index is 1.65. The zero-order valence-electron chi connectivity index (χ0n) is 16.7. The predicted octanol–water partition coefficient (Wildman–Crippen LogP) is 7.99. The monoisotopic (exact) mass is 446 g/mol. The lowest BCUT2D eigenvalue weighted by molar-refractivity contribution is -0.224. The third kappa shape index (κ3) is 5.80. The van der Waals surface area contributed by atoms with Gasteiger partial charge < -0.3 is 4.74 Å². The van der Waals surface area contributed by atoms with E-state index >= 15 is 0 Å². The normalized spacial score (nSPS) is 20.6. The van der Waals surface area contributed by atoms with Crippen LogP contribution in [0.5, 0.6) is 5.75 Å². The molecule has 1 fully saturated rings. The molecule has 0 radical (unpaired) electrons. The molecule has 1 aliphatic carbocycles. The lowest BCUT2D eigenvalue weighted by atomic mass is 9.81. The van der Waals surface area contributed by atoms with Crippen molar-refractivity contribution >= 4 is 0 Å². The van der Waals surface area contributed by atoms with E-state index in [9.17, 15) is 30.7 Å². The molecule has 8 heteroatoms. The summed E-state index contributed by atoms with van der Waals surface area (Å²) in [6.45, 7) is 1.90. The average Bonchev–Trinajstić information content (AvgIpc) is 2.70. The third-order valence-electron chi connectivity index (χ3n) is 5.46. The van der Waals surface area contributed by atoms with Crippen molar-refractivity contribution < 1.29 is 35.5 Å². The van der Waals surface area contributed by atoms with Gasteiger partial charge in [-0.15, -0.1) is 0 Å². The van der Waals surface area contributed by atoms with Gasteiger partial charge in [-0.25, -0.2) is 8.78 Å². The maximum atomic E-state index is 14.6. The smallest absolute Gasteiger partial charge is 0.429 e. The minimum Gasteiger partial charge on any atom is -0.429 e. The second-order valence-corrected chi connectivity index (χ2v) is 7.80. The van der Waals surface area contributed by atoms with Crippen molar-refractivity contribution in [1.29, 1.82) is 0 Å². The summed E-state index contributed by atoms with van der Waals surface area (Å²) >= 11 is 0. The number of allylic oxidation sites excluding steroid dienone is 2. The van der Waals surface area contributed by atoms with Crippen LogP contribution in [0.15, 0.2) is 54.4 Å². The van der Waals surface area contributed by atoms with E-state index in [1.807, 2.05) is 19.1 Å². The van der Waals surface area contributed by atoms with E-state index in [-0.39, 0.29) is 25.7 Å². The number of alkyl halides is 5. The fraction of sp³-hybridized carbons (Fsp3) is 0.391. The summed E-state index contributed by atoms with van der Waals surface area (Å²) < 4.78 is 98.1. The second-order valence-electron chi connectivity index (χ2n) is 7.80. The first-order chi connectivity index (χ1) is 14.5. The summed E-state index contributed by atoms with van der Waals surface area (Å²) in [6, 6.07) is 11.0. The fourth-order valence-electron chi connectivity index (χ4n) is 3.66. The molecule has 1 aliphatic rings. The Kier molecular flexibility index (Phi) is 6.67. The Hall–Kier alpha value is -2.51. The number of benzene rings is 2. The van der Waals surface area contributed by atoms with Crippen LogP contribution >= 0.6 is 0 Å². The summed E-state index contributed by atoms with van der Waals surface area (Å²) in [6.07, 6.45) is -8.75. The zero-order valence-corrected chi connectivity index (χ0v) is 16.7. The highest BCUT2D eigenvalue weighted by Crippen LogP contribution is 2.42. The molecule has 31 heavy (non-hydrogen) atoms. The summed E-state index contributed by atoms with van der Waals surface area (Å²) in [5.41, 5.74) is 2.25. The molecule has 0 aromatic heterocycles. The first-order valence-corrected chi connectivity index (χ1v) is 9.83. The van der Waals surface area contributed by atoms with Gasteiger partial charge in [-0.05, 0) is 67.9 Å². The molecule has 2 aromatic rings. The molecule has 1 saturated carbocycles. The van der Waals surface area contributed by atoms with Crippen molar-refractivity contribution in [3.05, 3.63) is 65.7 Å². The van der Waals surface area contributed by atoms with Crippen LogP contribution in [0.25, 0.3) is 11.1 Å². The predicted molar refractivity (Wildman–Crippen MR) is 103 cm³/mol. The third-order valence-corrected chi connectivity index (χ3v) is 5.46. The van der Waals surface area contributed by atoms with Crippen LogP contribution in [0.1, 0.15) is 31.2 Å². The molecular formula is C23H21F7O. The summed E-state index contributed by atoms with van der Waals surface area (Å²) in [7, 11) is 0. The summed E-state index contributed by atoms with van der Waals surface area (Å²) in [5, 5.41) is 0. The number of hydrogen-bond donors (Lipinski definition) is 0. The first kappa shape index (κ1) is 23.2. The SMILES string of the molecule is Cc1ccc(-c2ccc(OC(F)(F)C3CCC(C=C(F)C(F)(F)F)CC3)c(F)c2)cc1. The van der Waals surface area contributed by atoms with E-state index in [1.54, 1.807) is 12.1 Å². The molecule has 168 valence electrons. The fourth-order valence-corrected chi connectivity index (χ4v) is 3.66. The Labute approximate surface area is 175 Å².